The van der Waals surface area contributed by atoms with Crippen LogP contribution in [0.5, 0.6) is 0 Å². The minimum atomic E-state index is -3.74. The van der Waals surface area contributed by atoms with Crippen LogP contribution in [0.1, 0.15) is 29.6 Å². The molecule has 0 unspecified atom stereocenters. The molecule has 1 fully saturated rings. The van der Waals surface area contributed by atoms with Crippen LogP contribution >= 0.6 is 0 Å². The van der Waals surface area contributed by atoms with E-state index in [9.17, 15) is 18.0 Å². The Labute approximate surface area is 157 Å². The third-order valence-corrected chi connectivity index (χ3v) is 5.97. The van der Waals surface area contributed by atoms with Crippen molar-refractivity contribution in [3.63, 3.8) is 0 Å². The Morgan fingerprint density at radius 1 is 0.963 bits per heavy atom. The smallest absolute Gasteiger partial charge is 0.306 e. The van der Waals surface area contributed by atoms with E-state index < -0.39 is 21.9 Å². The van der Waals surface area contributed by atoms with Gasteiger partial charge in [-0.15, -0.1) is 0 Å². The second kappa shape index (κ2) is 7.79. The molecular weight excluding hydrogens is 368 g/mol. The molecule has 3 rings (SSSR count). The van der Waals surface area contributed by atoms with E-state index in [1.165, 1.54) is 24.3 Å². The minimum Gasteiger partial charge on any atom is -0.481 e. The average Bonchev–Trinajstić information content (AvgIpc) is 3.11. The molecule has 7 nitrogen and oxygen atoms in total. The summed E-state index contributed by atoms with van der Waals surface area (Å²) < 4.78 is 27.3. The Hall–Kier alpha value is -2.87. The number of hydrogen-bond donors (Lipinski definition) is 3. The molecule has 0 heterocycles. The first-order valence-electron chi connectivity index (χ1n) is 8.57. The highest BCUT2D eigenvalue weighted by Crippen LogP contribution is 2.26. The Bertz CT molecular complexity index is 926. The number of para-hydroxylation sites is 1. The fraction of sp³-hybridized carbons (Fsp3) is 0.263. The molecule has 0 spiro atoms. The van der Waals surface area contributed by atoms with Crippen molar-refractivity contribution < 1.29 is 23.1 Å². The first-order valence-corrected chi connectivity index (χ1v) is 10.0. The maximum absolute atomic E-state index is 12.4. The standard InChI is InChI=1S/C19H20N2O5S/c22-18(20-16-9-6-14(12-16)19(23)24)13-7-10-17(11-8-13)27(25,26)21-15-4-2-1-3-5-15/h1-5,7-8,10-11,14,16,21H,6,9,12H2,(H,20,22)(H,23,24)/t14-,16+/m1/s1. The first kappa shape index (κ1) is 18.9. The van der Waals surface area contributed by atoms with Gasteiger partial charge < -0.3 is 10.4 Å². The molecule has 0 bridgehead atoms. The van der Waals surface area contributed by atoms with Crippen molar-refractivity contribution in [3.8, 4) is 0 Å². The van der Waals surface area contributed by atoms with Crippen LogP contribution in [0.3, 0.4) is 0 Å². The van der Waals surface area contributed by atoms with Gasteiger partial charge in [0.25, 0.3) is 15.9 Å². The number of carboxylic acids is 1. The lowest BCUT2D eigenvalue weighted by Gasteiger charge is -2.13. The molecule has 0 aromatic heterocycles. The monoisotopic (exact) mass is 388 g/mol. The molecule has 27 heavy (non-hydrogen) atoms. The summed E-state index contributed by atoms with van der Waals surface area (Å²) in [4.78, 5) is 23.3. The van der Waals surface area contributed by atoms with Crippen molar-refractivity contribution in [1.29, 1.82) is 0 Å². The highest BCUT2D eigenvalue weighted by molar-refractivity contribution is 7.92. The van der Waals surface area contributed by atoms with Gasteiger partial charge in [-0.2, -0.15) is 0 Å². The summed E-state index contributed by atoms with van der Waals surface area (Å²) in [5.41, 5.74) is 0.779. The topological polar surface area (TPSA) is 113 Å². The number of sulfonamides is 1. The summed E-state index contributed by atoms with van der Waals surface area (Å²) >= 11 is 0. The molecule has 142 valence electrons. The zero-order valence-corrected chi connectivity index (χ0v) is 15.3. The number of hydrogen-bond acceptors (Lipinski definition) is 4. The highest BCUT2D eigenvalue weighted by atomic mass is 32.2. The van der Waals surface area contributed by atoms with Gasteiger partial charge in [0.05, 0.1) is 10.8 Å². The number of carbonyl (C=O) groups excluding carboxylic acids is 1. The molecule has 1 saturated carbocycles. The molecule has 1 amide bonds. The highest BCUT2D eigenvalue weighted by Gasteiger charge is 2.30. The normalized spacial score (nSPS) is 19.4. The lowest BCUT2D eigenvalue weighted by Crippen LogP contribution is -2.33. The maximum atomic E-state index is 12.4. The van der Waals surface area contributed by atoms with E-state index in [2.05, 4.69) is 10.0 Å². The predicted octanol–water partition coefficient (Wildman–Crippen LogP) is 2.47. The van der Waals surface area contributed by atoms with Gasteiger partial charge in [-0.25, -0.2) is 8.42 Å². The van der Waals surface area contributed by atoms with Crippen LogP contribution in [-0.2, 0) is 14.8 Å². The third kappa shape index (κ3) is 4.65. The van der Waals surface area contributed by atoms with Crippen LogP contribution in [0, 0.1) is 5.92 Å². The second-order valence-corrected chi connectivity index (χ2v) is 8.20. The van der Waals surface area contributed by atoms with Gasteiger partial charge in [-0.3, -0.25) is 14.3 Å². The molecule has 0 aliphatic heterocycles. The number of carbonyl (C=O) groups is 2. The van der Waals surface area contributed by atoms with E-state index in [0.717, 1.165) is 0 Å². The van der Waals surface area contributed by atoms with Crippen molar-refractivity contribution in [3.05, 3.63) is 60.2 Å². The summed E-state index contributed by atoms with van der Waals surface area (Å²) in [6.07, 6.45) is 1.58. The van der Waals surface area contributed by atoms with Crippen LogP contribution in [0.15, 0.2) is 59.5 Å². The molecule has 0 saturated heterocycles. The Morgan fingerprint density at radius 2 is 1.63 bits per heavy atom. The average molecular weight is 388 g/mol. The zero-order valence-electron chi connectivity index (χ0n) is 14.5. The van der Waals surface area contributed by atoms with Gasteiger partial charge in [-0.1, -0.05) is 18.2 Å². The third-order valence-electron chi connectivity index (χ3n) is 4.57. The van der Waals surface area contributed by atoms with Gasteiger partial charge in [0.15, 0.2) is 0 Å². The lowest BCUT2D eigenvalue weighted by atomic mass is 10.1. The van der Waals surface area contributed by atoms with Crippen molar-refractivity contribution in [2.24, 2.45) is 5.92 Å². The number of aliphatic carboxylic acids is 1. The summed E-state index contributed by atoms with van der Waals surface area (Å²) in [6.45, 7) is 0. The number of benzene rings is 2. The lowest BCUT2D eigenvalue weighted by molar-refractivity contribution is -0.141. The Kier molecular flexibility index (Phi) is 5.46. The molecule has 2 atom stereocenters. The van der Waals surface area contributed by atoms with E-state index in [1.807, 2.05) is 0 Å². The number of rotatable bonds is 6. The Morgan fingerprint density at radius 3 is 2.22 bits per heavy atom. The van der Waals surface area contributed by atoms with Crippen molar-refractivity contribution in [2.45, 2.75) is 30.2 Å². The molecule has 1 aliphatic carbocycles. The number of amides is 1. The molecule has 3 N–H and O–H groups in total. The van der Waals surface area contributed by atoms with Crippen molar-refractivity contribution in [1.82, 2.24) is 5.32 Å². The zero-order chi connectivity index (χ0) is 19.4. The van der Waals surface area contributed by atoms with Crippen molar-refractivity contribution >= 4 is 27.6 Å². The largest absolute Gasteiger partial charge is 0.481 e. The van der Waals surface area contributed by atoms with E-state index in [1.54, 1.807) is 30.3 Å². The maximum Gasteiger partial charge on any atom is 0.306 e. The molecule has 0 radical (unpaired) electrons. The van der Waals surface area contributed by atoms with Crippen LogP contribution in [0.2, 0.25) is 0 Å². The SMILES string of the molecule is O=C(N[C@H]1CC[C@@H](C(=O)O)C1)c1ccc(S(=O)(=O)Nc2ccccc2)cc1. The van der Waals surface area contributed by atoms with Gasteiger partial charge in [0.2, 0.25) is 0 Å². The summed E-state index contributed by atoms with van der Waals surface area (Å²) in [6, 6.07) is 14.0. The van der Waals surface area contributed by atoms with E-state index in [-0.39, 0.29) is 16.8 Å². The number of anilines is 1. The molecule has 2 aromatic carbocycles. The minimum absolute atomic E-state index is 0.0507. The fourth-order valence-corrected chi connectivity index (χ4v) is 4.17. The second-order valence-electron chi connectivity index (χ2n) is 6.51. The van der Waals surface area contributed by atoms with Crippen molar-refractivity contribution in [2.75, 3.05) is 4.72 Å². The van der Waals surface area contributed by atoms with Gasteiger partial charge in [0.1, 0.15) is 0 Å². The van der Waals surface area contributed by atoms with Gasteiger partial charge in [-0.05, 0) is 55.7 Å². The summed E-state index contributed by atoms with van der Waals surface area (Å²) in [5, 5.41) is 11.8. The molecule has 8 heteroatoms. The first-order chi connectivity index (χ1) is 12.8. The van der Waals surface area contributed by atoms with Crippen LogP contribution < -0.4 is 10.0 Å². The van der Waals surface area contributed by atoms with Crippen LogP contribution in [0.4, 0.5) is 5.69 Å². The summed E-state index contributed by atoms with van der Waals surface area (Å²) in [7, 11) is -3.74. The molecule has 1 aliphatic rings. The van der Waals surface area contributed by atoms with E-state index >= 15 is 0 Å². The van der Waals surface area contributed by atoms with Gasteiger partial charge in [0, 0.05) is 17.3 Å². The molecule has 2 aromatic rings. The number of nitrogens with one attached hydrogen (secondary N) is 2. The van der Waals surface area contributed by atoms with Crippen LogP contribution in [-0.4, -0.2) is 31.4 Å². The summed E-state index contributed by atoms with van der Waals surface area (Å²) in [5.74, 6) is -1.61. The fourth-order valence-electron chi connectivity index (χ4n) is 3.11. The predicted molar refractivity (Wildman–Crippen MR) is 99.9 cm³/mol. The van der Waals surface area contributed by atoms with E-state index in [0.29, 0.717) is 30.5 Å². The quantitative estimate of drug-likeness (QED) is 0.704. The molecular formula is C19H20N2O5S. The number of carboxylic acid groups (broad SMARTS) is 1. The Balaban J connectivity index is 1.64. The van der Waals surface area contributed by atoms with Gasteiger partial charge >= 0.3 is 5.97 Å². The van der Waals surface area contributed by atoms with Crippen LogP contribution in [0.25, 0.3) is 0 Å². The van der Waals surface area contributed by atoms with E-state index in [4.69, 9.17) is 5.11 Å².